The van der Waals surface area contributed by atoms with Crippen LogP contribution < -0.4 is 5.32 Å². The summed E-state index contributed by atoms with van der Waals surface area (Å²) in [4.78, 5) is 2.49. The molecule has 0 radical (unpaired) electrons. The zero-order valence-corrected chi connectivity index (χ0v) is 11.2. The van der Waals surface area contributed by atoms with Crippen LogP contribution in [0.5, 0.6) is 0 Å². The molecule has 0 bridgehead atoms. The summed E-state index contributed by atoms with van der Waals surface area (Å²) in [6, 6.07) is 7.66. The summed E-state index contributed by atoms with van der Waals surface area (Å²) in [6.07, 6.45) is 3.76. The van der Waals surface area contributed by atoms with Gasteiger partial charge in [0.2, 0.25) is 0 Å². The number of likely N-dealkylation sites (tertiary alicyclic amines) is 1. The second-order valence-electron chi connectivity index (χ2n) is 4.60. The molecular formula is C14H18ClN3. The lowest BCUT2D eigenvalue weighted by Gasteiger charge is -2.15. The summed E-state index contributed by atoms with van der Waals surface area (Å²) in [5.41, 5.74) is 1.38. The predicted octanol–water partition coefficient (Wildman–Crippen LogP) is 3.11. The molecule has 0 aliphatic carbocycles. The minimum absolute atomic E-state index is 0.516. The number of benzene rings is 1. The highest BCUT2D eigenvalue weighted by Crippen LogP contribution is 2.23. The third-order valence-electron chi connectivity index (χ3n) is 3.29. The van der Waals surface area contributed by atoms with Gasteiger partial charge in [0.1, 0.15) is 6.07 Å². The molecule has 1 N–H and O–H groups in total. The zero-order chi connectivity index (χ0) is 12.8. The van der Waals surface area contributed by atoms with Gasteiger partial charge in [-0.2, -0.15) is 5.26 Å². The fourth-order valence-electron chi connectivity index (χ4n) is 2.32. The second kappa shape index (κ2) is 6.63. The molecule has 1 saturated heterocycles. The van der Waals surface area contributed by atoms with E-state index in [2.05, 4.69) is 16.3 Å². The van der Waals surface area contributed by atoms with E-state index in [0.29, 0.717) is 10.6 Å². The van der Waals surface area contributed by atoms with E-state index in [0.717, 1.165) is 25.2 Å². The maximum absolute atomic E-state index is 9.05. The van der Waals surface area contributed by atoms with Gasteiger partial charge in [0.05, 0.1) is 16.3 Å². The Kier molecular flexibility index (Phi) is 4.86. The van der Waals surface area contributed by atoms with Gasteiger partial charge in [-0.15, -0.1) is 0 Å². The monoisotopic (exact) mass is 263 g/mol. The molecule has 0 aromatic heterocycles. The van der Waals surface area contributed by atoms with E-state index in [1.165, 1.54) is 25.9 Å². The smallest absolute Gasteiger partial charge is 0.103 e. The molecule has 1 aromatic rings. The molecule has 4 heteroatoms. The largest absolute Gasteiger partial charge is 0.384 e. The number of nitrogens with zero attached hydrogens (tertiary/aromatic N) is 2. The lowest BCUT2D eigenvalue weighted by atomic mass is 10.2. The van der Waals surface area contributed by atoms with Crippen LogP contribution in [0, 0.1) is 11.3 Å². The van der Waals surface area contributed by atoms with Gasteiger partial charge in [-0.25, -0.2) is 0 Å². The number of halogens is 1. The molecule has 1 heterocycles. The quantitative estimate of drug-likeness (QED) is 0.830. The average Bonchev–Trinajstić information content (AvgIpc) is 2.88. The van der Waals surface area contributed by atoms with Crippen LogP contribution in [0.1, 0.15) is 24.8 Å². The van der Waals surface area contributed by atoms with Crippen LogP contribution in [0.2, 0.25) is 5.02 Å². The topological polar surface area (TPSA) is 39.1 Å². The minimum Gasteiger partial charge on any atom is -0.384 e. The van der Waals surface area contributed by atoms with E-state index >= 15 is 0 Å². The number of nitrogens with one attached hydrogen (secondary N) is 1. The Labute approximate surface area is 113 Å². The molecule has 0 unspecified atom stereocenters. The van der Waals surface area contributed by atoms with Crippen molar-refractivity contribution in [1.29, 1.82) is 5.26 Å². The van der Waals surface area contributed by atoms with Crippen molar-refractivity contribution in [1.82, 2.24) is 4.90 Å². The predicted molar refractivity (Wildman–Crippen MR) is 74.9 cm³/mol. The lowest BCUT2D eigenvalue weighted by Crippen LogP contribution is -2.22. The first-order valence-corrected chi connectivity index (χ1v) is 6.84. The standard InChI is InChI=1S/C14H18ClN3/c15-13-5-3-6-14(12(13)11-16)17-7-4-10-18-8-1-2-9-18/h3,5-6,17H,1-2,4,7-10H2. The van der Waals surface area contributed by atoms with E-state index in [1.54, 1.807) is 6.07 Å². The first kappa shape index (κ1) is 13.2. The SMILES string of the molecule is N#Cc1c(Cl)cccc1NCCCN1CCCC1. The summed E-state index contributed by atoms with van der Waals surface area (Å²) in [5, 5.41) is 12.9. The number of hydrogen-bond acceptors (Lipinski definition) is 3. The van der Waals surface area contributed by atoms with Crippen molar-refractivity contribution in [3.63, 3.8) is 0 Å². The van der Waals surface area contributed by atoms with Crippen LogP contribution in [0.15, 0.2) is 18.2 Å². The van der Waals surface area contributed by atoms with E-state index in [-0.39, 0.29) is 0 Å². The minimum atomic E-state index is 0.516. The molecule has 0 amide bonds. The maximum atomic E-state index is 9.05. The Morgan fingerprint density at radius 1 is 1.33 bits per heavy atom. The highest BCUT2D eigenvalue weighted by molar-refractivity contribution is 6.32. The molecule has 1 aromatic carbocycles. The van der Waals surface area contributed by atoms with Gasteiger partial charge >= 0.3 is 0 Å². The molecule has 18 heavy (non-hydrogen) atoms. The molecule has 2 rings (SSSR count). The summed E-state index contributed by atoms with van der Waals surface area (Å²) in [5.74, 6) is 0. The third kappa shape index (κ3) is 3.38. The van der Waals surface area contributed by atoms with Gasteiger partial charge in [-0.3, -0.25) is 0 Å². The fourth-order valence-corrected chi connectivity index (χ4v) is 2.53. The van der Waals surface area contributed by atoms with Gasteiger partial charge < -0.3 is 10.2 Å². The van der Waals surface area contributed by atoms with Crippen molar-refractivity contribution >= 4 is 17.3 Å². The van der Waals surface area contributed by atoms with E-state index in [1.807, 2.05) is 12.1 Å². The highest BCUT2D eigenvalue weighted by atomic mass is 35.5. The first-order chi connectivity index (χ1) is 8.81. The first-order valence-electron chi connectivity index (χ1n) is 6.46. The van der Waals surface area contributed by atoms with Crippen LogP contribution in [0.25, 0.3) is 0 Å². The molecule has 0 spiro atoms. The lowest BCUT2D eigenvalue weighted by molar-refractivity contribution is 0.337. The summed E-state index contributed by atoms with van der Waals surface area (Å²) in [6.45, 7) is 4.49. The average molecular weight is 264 g/mol. The Balaban J connectivity index is 1.79. The fraction of sp³-hybridized carbons (Fsp3) is 0.500. The van der Waals surface area contributed by atoms with Crippen molar-refractivity contribution in [3.05, 3.63) is 28.8 Å². The Morgan fingerprint density at radius 3 is 2.83 bits per heavy atom. The zero-order valence-electron chi connectivity index (χ0n) is 10.5. The van der Waals surface area contributed by atoms with Crippen LogP contribution in [-0.4, -0.2) is 31.1 Å². The van der Waals surface area contributed by atoms with Crippen LogP contribution in [0.4, 0.5) is 5.69 Å². The number of anilines is 1. The molecule has 3 nitrogen and oxygen atoms in total. The van der Waals surface area contributed by atoms with Gasteiger partial charge in [-0.1, -0.05) is 17.7 Å². The Hall–Kier alpha value is -1.24. The molecule has 1 aliphatic heterocycles. The molecule has 1 fully saturated rings. The summed E-state index contributed by atoms with van der Waals surface area (Å²) >= 11 is 5.98. The third-order valence-corrected chi connectivity index (χ3v) is 3.61. The molecule has 0 atom stereocenters. The normalized spacial score (nSPS) is 15.6. The van der Waals surface area contributed by atoms with Crippen molar-refractivity contribution in [2.75, 3.05) is 31.5 Å². The van der Waals surface area contributed by atoms with Gasteiger partial charge in [0.25, 0.3) is 0 Å². The van der Waals surface area contributed by atoms with Gasteiger partial charge in [-0.05, 0) is 51.0 Å². The van der Waals surface area contributed by atoms with Crippen molar-refractivity contribution < 1.29 is 0 Å². The number of rotatable bonds is 5. The van der Waals surface area contributed by atoms with E-state index in [9.17, 15) is 0 Å². The van der Waals surface area contributed by atoms with Gasteiger partial charge in [0, 0.05) is 6.54 Å². The van der Waals surface area contributed by atoms with Crippen molar-refractivity contribution in [2.45, 2.75) is 19.3 Å². The van der Waals surface area contributed by atoms with Crippen molar-refractivity contribution in [3.8, 4) is 6.07 Å². The van der Waals surface area contributed by atoms with E-state index in [4.69, 9.17) is 16.9 Å². The van der Waals surface area contributed by atoms with Crippen molar-refractivity contribution in [2.24, 2.45) is 0 Å². The maximum Gasteiger partial charge on any atom is 0.103 e. The van der Waals surface area contributed by atoms with Crippen LogP contribution in [-0.2, 0) is 0 Å². The Morgan fingerprint density at radius 2 is 2.11 bits per heavy atom. The number of hydrogen-bond donors (Lipinski definition) is 1. The Bertz CT molecular complexity index is 433. The molecule has 0 saturated carbocycles. The number of nitriles is 1. The van der Waals surface area contributed by atoms with E-state index < -0.39 is 0 Å². The van der Waals surface area contributed by atoms with Gasteiger partial charge in [0.15, 0.2) is 0 Å². The summed E-state index contributed by atoms with van der Waals surface area (Å²) in [7, 11) is 0. The van der Waals surface area contributed by atoms with Crippen LogP contribution in [0.3, 0.4) is 0 Å². The molecule has 1 aliphatic rings. The highest BCUT2D eigenvalue weighted by Gasteiger charge is 2.10. The van der Waals surface area contributed by atoms with Crippen LogP contribution >= 0.6 is 11.6 Å². The molecule has 96 valence electrons. The summed E-state index contributed by atoms with van der Waals surface area (Å²) < 4.78 is 0. The molecular weight excluding hydrogens is 246 g/mol. The second-order valence-corrected chi connectivity index (χ2v) is 5.01.